The molecule has 3 aromatic rings. The van der Waals surface area contributed by atoms with Crippen LogP contribution in [0.3, 0.4) is 0 Å². The lowest BCUT2D eigenvalue weighted by Gasteiger charge is -1.99. The van der Waals surface area contributed by atoms with E-state index in [1.165, 1.54) is 0 Å². The van der Waals surface area contributed by atoms with E-state index in [-0.39, 0.29) is 5.91 Å². The zero-order valence-electron chi connectivity index (χ0n) is 8.42. The van der Waals surface area contributed by atoms with Crippen LogP contribution in [0, 0.1) is 0 Å². The number of nitrogens with zero attached hydrogens (tertiary/aromatic N) is 2. The Labute approximate surface area is 91.5 Å². The molecule has 0 radical (unpaired) electrons. The van der Waals surface area contributed by atoms with Crippen molar-refractivity contribution in [3.8, 4) is 0 Å². The van der Waals surface area contributed by atoms with Gasteiger partial charge < -0.3 is 4.98 Å². The number of aromatic amines is 1. The van der Waals surface area contributed by atoms with Gasteiger partial charge in [-0.05, 0) is 24.3 Å². The summed E-state index contributed by atoms with van der Waals surface area (Å²) in [5.41, 5.74) is 2.20. The Balaban J connectivity index is 2.16. The van der Waals surface area contributed by atoms with Crippen molar-refractivity contribution in [3.05, 3.63) is 54.6 Å². The SMILES string of the molecule is O=C(c1ccc[nH]1)n1cnc2ccccc21. The average Bonchev–Trinajstić information content (AvgIpc) is 2.98. The van der Waals surface area contributed by atoms with Crippen molar-refractivity contribution in [2.45, 2.75) is 0 Å². The Morgan fingerprint density at radius 3 is 2.88 bits per heavy atom. The topological polar surface area (TPSA) is 50.7 Å². The van der Waals surface area contributed by atoms with Crippen LogP contribution in [-0.4, -0.2) is 20.4 Å². The lowest BCUT2D eigenvalue weighted by atomic mass is 10.3. The second kappa shape index (κ2) is 3.34. The van der Waals surface area contributed by atoms with Crippen LogP contribution in [0.25, 0.3) is 11.0 Å². The van der Waals surface area contributed by atoms with E-state index < -0.39 is 0 Å². The number of carbonyl (C=O) groups excluding carboxylic acids is 1. The Morgan fingerprint density at radius 1 is 1.19 bits per heavy atom. The van der Waals surface area contributed by atoms with Crippen LogP contribution >= 0.6 is 0 Å². The van der Waals surface area contributed by atoms with Crippen LogP contribution < -0.4 is 0 Å². The van der Waals surface area contributed by atoms with E-state index in [9.17, 15) is 4.79 Å². The van der Waals surface area contributed by atoms with Crippen molar-refractivity contribution in [2.75, 3.05) is 0 Å². The first kappa shape index (κ1) is 8.91. The minimum atomic E-state index is -0.0984. The lowest BCUT2D eigenvalue weighted by Crippen LogP contribution is -2.10. The molecule has 0 atom stereocenters. The molecular formula is C12H9N3O. The van der Waals surface area contributed by atoms with Crippen molar-refractivity contribution in [1.29, 1.82) is 0 Å². The van der Waals surface area contributed by atoms with Crippen LogP contribution in [-0.2, 0) is 0 Å². The van der Waals surface area contributed by atoms with E-state index in [2.05, 4.69) is 9.97 Å². The van der Waals surface area contributed by atoms with E-state index in [1.807, 2.05) is 24.3 Å². The highest BCUT2D eigenvalue weighted by molar-refractivity contribution is 5.99. The average molecular weight is 211 g/mol. The predicted octanol–water partition coefficient (Wildman–Crippen LogP) is 2.05. The number of rotatable bonds is 1. The summed E-state index contributed by atoms with van der Waals surface area (Å²) in [6.45, 7) is 0. The smallest absolute Gasteiger partial charge is 0.280 e. The zero-order valence-corrected chi connectivity index (χ0v) is 8.42. The van der Waals surface area contributed by atoms with Gasteiger partial charge in [-0.15, -0.1) is 0 Å². The van der Waals surface area contributed by atoms with Gasteiger partial charge in [-0.2, -0.15) is 0 Å². The molecular weight excluding hydrogens is 202 g/mol. The molecule has 0 spiro atoms. The predicted molar refractivity (Wildman–Crippen MR) is 60.3 cm³/mol. The van der Waals surface area contributed by atoms with Gasteiger partial charge in [0.1, 0.15) is 12.0 Å². The molecule has 0 amide bonds. The molecule has 4 heteroatoms. The third-order valence-corrected chi connectivity index (χ3v) is 2.50. The molecule has 0 saturated carbocycles. The largest absolute Gasteiger partial charge is 0.357 e. The van der Waals surface area contributed by atoms with Gasteiger partial charge in [0.2, 0.25) is 0 Å². The number of nitrogens with one attached hydrogen (secondary N) is 1. The van der Waals surface area contributed by atoms with Gasteiger partial charge in [0.25, 0.3) is 5.91 Å². The third kappa shape index (κ3) is 1.24. The van der Waals surface area contributed by atoms with Crippen LogP contribution in [0.2, 0.25) is 0 Å². The molecule has 0 bridgehead atoms. The highest BCUT2D eigenvalue weighted by Gasteiger charge is 2.11. The maximum atomic E-state index is 12.1. The maximum absolute atomic E-state index is 12.1. The van der Waals surface area contributed by atoms with Gasteiger partial charge in [-0.3, -0.25) is 9.36 Å². The molecule has 0 unspecified atom stereocenters. The van der Waals surface area contributed by atoms with Crippen molar-refractivity contribution in [3.63, 3.8) is 0 Å². The molecule has 1 aromatic carbocycles. The summed E-state index contributed by atoms with van der Waals surface area (Å²) in [6, 6.07) is 11.1. The summed E-state index contributed by atoms with van der Waals surface area (Å²) < 4.78 is 1.54. The summed E-state index contributed by atoms with van der Waals surface area (Å²) in [5.74, 6) is -0.0984. The molecule has 16 heavy (non-hydrogen) atoms. The van der Waals surface area contributed by atoms with Crippen LogP contribution in [0.5, 0.6) is 0 Å². The first-order chi connectivity index (χ1) is 7.86. The maximum Gasteiger partial charge on any atom is 0.280 e. The molecule has 1 N–H and O–H groups in total. The van der Waals surface area contributed by atoms with Crippen molar-refractivity contribution in [1.82, 2.24) is 14.5 Å². The Hall–Kier alpha value is -2.36. The Morgan fingerprint density at radius 2 is 2.06 bits per heavy atom. The number of imidazole rings is 1. The summed E-state index contributed by atoms with van der Waals surface area (Å²) in [7, 11) is 0. The van der Waals surface area contributed by atoms with Gasteiger partial charge in [0.15, 0.2) is 0 Å². The van der Waals surface area contributed by atoms with Gasteiger partial charge in [0, 0.05) is 6.20 Å². The standard InChI is InChI=1S/C12H9N3O/c16-12(10-5-3-7-13-10)15-8-14-9-4-1-2-6-11(9)15/h1-8,13H. The summed E-state index contributed by atoms with van der Waals surface area (Å²) in [6.07, 6.45) is 3.28. The quantitative estimate of drug-likeness (QED) is 0.669. The monoisotopic (exact) mass is 211 g/mol. The molecule has 2 aromatic heterocycles. The second-order valence-corrected chi connectivity index (χ2v) is 3.49. The number of para-hydroxylation sites is 2. The molecule has 2 heterocycles. The molecule has 0 aliphatic heterocycles. The summed E-state index contributed by atoms with van der Waals surface area (Å²) >= 11 is 0. The second-order valence-electron chi connectivity index (χ2n) is 3.49. The van der Waals surface area contributed by atoms with Crippen molar-refractivity contribution in [2.24, 2.45) is 0 Å². The summed E-state index contributed by atoms with van der Waals surface area (Å²) in [4.78, 5) is 19.1. The molecule has 0 saturated heterocycles. The highest BCUT2D eigenvalue weighted by Crippen LogP contribution is 2.13. The molecule has 4 nitrogen and oxygen atoms in total. The Kier molecular flexibility index (Phi) is 1.86. The molecule has 0 aliphatic carbocycles. The number of fused-ring (bicyclic) bond motifs is 1. The zero-order chi connectivity index (χ0) is 11.0. The number of benzene rings is 1. The minimum Gasteiger partial charge on any atom is -0.357 e. The van der Waals surface area contributed by atoms with E-state index in [1.54, 1.807) is 29.2 Å². The first-order valence-corrected chi connectivity index (χ1v) is 4.96. The van der Waals surface area contributed by atoms with Crippen LogP contribution in [0.15, 0.2) is 48.9 Å². The number of hydrogen-bond acceptors (Lipinski definition) is 2. The highest BCUT2D eigenvalue weighted by atomic mass is 16.2. The lowest BCUT2D eigenvalue weighted by molar-refractivity contribution is 0.0960. The molecule has 78 valence electrons. The minimum absolute atomic E-state index is 0.0984. The number of aromatic nitrogens is 3. The number of hydrogen-bond donors (Lipinski definition) is 1. The van der Waals surface area contributed by atoms with Gasteiger partial charge >= 0.3 is 0 Å². The molecule has 0 fully saturated rings. The third-order valence-electron chi connectivity index (χ3n) is 2.50. The fraction of sp³-hybridized carbons (Fsp3) is 0. The molecule has 0 aliphatic rings. The van der Waals surface area contributed by atoms with E-state index >= 15 is 0 Å². The Bertz CT molecular complexity index is 637. The summed E-state index contributed by atoms with van der Waals surface area (Å²) in [5, 5.41) is 0. The first-order valence-electron chi connectivity index (χ1n) is 4.96. The van der Waals surface area contributed by atoms with E-state index in [0.717, 1.165) is 11.0 Å². The van der Waals surface area contributed by atoms with Crippen molar-refractivity contribution < 1.29 is 4.79 Å². The van der Waals surface area contributed by atoms with Crippen molar-refractivity contribution >= 4 is 16.9 Å². The van der Waals surface area contributed by atoms with E-state index in [0.29, 0.717) is 5.69 Å². The van der Waals surface area contributed by atoms with Gasteiger partial charge in [-0.1, -0.05) is 12.1 Å². The van der Waals surface area contributed by atoms with E-state index in [4.69, 9.17) is 0 Å². The number of H-pyrrole nitrogens is 1. The normalized spacial score (nSPS) is 10.8. The van der Waals surface area contributed by atoms with Crippen LogP contribution in [0.1, 0.15) is 10.5 Å². The van der Waals surface area contributed by atoms with Gasteiger partial charge in [0.05, 0.1) is 11.0 Å². The number of carbonyl (C=O) groups is 1. The van der Waals surface area contributed by atoms with Gasteiger partial charge in [-0.25, -0.2) is 4.98 Å². The molecule has 3 rings (SSSR count). The fourth-order valence-corrected chi connectivity index (χ4v) is 1.71. The van der Waals surface area contributed by atoms with Crippen LogP contribution in [0.4, 0.5) is 0 Å². The fourth-order valence-electron chi connectivity index (χ4n) is 1.71.